The maximum atomic E-state index is 13.2. The highest BCUT2D eigenvalue weighted by atomic mass is 16.5. The lowest BCUT2D eigenvalue weighted by atomic mass is 9.89. The van der Waals surface area contributed by atoms with Crippen LogP contribution in [0.25, 0.3) is 83.8 Å². The smallest absolute Gasteiger partial charge is 0.257 e. The first kappa shape index (κ1) is 65.3. The Hall–Kier alpha value is -10.5. The zero-order valence-corrected chi connectivity index (χ0v) is 58.9. The van der Waals surface area contributed by atoms with Crippen LogP contribution in [0, 0.1) is 35.5 Å². The highest BCUT2D eigenvalue weighted by molar-refractivity contribution is 6.04. The van der Waals surface area contributed by atoms with E-state index in [0.29, 0.717) is 87.3 Å². The zero-order chi connectivity index (χ0) is 71.0. The number of pyridine rings is 3. The van der Waals surface area contributed by atoms with E-state index >= 15 is 0 Å². The van der Waals surface area contributed by atoms with Crippen molar-refractivity contribution in [2.45, 2.75) is 93.1 Å². The first-order chi connectivity index (χ1) is 51.5. The van der Waals surface area contributed by atoms with Crippen LogP contribution in [0.3, 0.4) is 0 Å². The van der Waals surface area contributed by atoms with E-state index in [1.807, 2.05) is 76.1 Å². The van der Waals surface area contributed by atoms with Crippen molar-refractivity contribution in [3.8, 4) is 33.8 Å². The molecule has 9 aliphatic rings. The number of amides is 3. The monoisotopic (exact) mass is 1420 g/mol. The fraction of sp³-hybridized carbons (Fsp3) is 0.440. The fourth-order valence-electron chi connectivity index (χ4n) is 17.2. The van der Waals surface area contributed by atoms with Crippen molar-refractivity contribution in [1.29, 1.82) is 0 Å². The third-order valence-electron chi connectivity index (χ3n) is 23.7. The van der Waals surface area contributed by atoms with Crippen LogP contribution in [0.2, 0.25) is 0 Å². The summed E-state index contributed by atoms with van der Waals surface area (Å²) in [6, 6.07) is 19.3. The molecular weight excluding hydrogens is 1340 g/mol. The standard InChI is InChI=1S/3C25H27N7O3/c3*1-26-21-8-19(29-24-14(9-28-32(21)24)25(33)30-18-5-6-20(18)34-2)15-10-31(22-16-11-35-12-17(16)22)23-13(15)4-3-7-27-23/h3*3-4,7-10,16-18,20,22,26H,5-6,11-12H2,1-2H3,(H,30,33)/t16-,17+,18?,20-,22?;2*16-,17+,18-,20-,22?/m010/s1. The molecule has 3 aliphatic heterocycles. The van der Waals surface area contributed by atoms with Crippen LogP contribution < -0.4 is 31.9 Å². The summed E-state index contributed by atoms with van der Waals surface area (Å²) in [5, 5.41) is 35.3. The number of methoxy groups -OCH3 is 3. The van der Waals surface area contributed by atoms with E-state index in [1.54, 1.807) is 53.5 Å². The molecule has 21 rings (SSSR count). The molecule has 12 aromatic heterocycles. The van der Waals surface area contributed by atoms with Crippen LogP contribution in [-0.2, 0) is 28.4 Å². The van der Waals surface area contributed by atoms with Crippen LogP contribution in [-0.4, -0.2) is 209 Å². The molecule has 0 bridgehead atoms. The molecule has 6 aliphatic carbocycles. The summed E-state index contributed by atoms with van der Waals surface area (Å²) >= 11 is 0. The highest BCUT2D eigenvalue weighted by Crippen LogP contribution is 2.58. The Morgan fingerprint density at radius 1 is 0.410 bits per heavy atom. The number of anilines is 3. The van der Waals surface area contributed by atoms with E-state index in [2.05, 4.69) is 97.7 Å². The van der Waals surface area contributed by atoms with E-state index in [1.165, 1.54) is 0 Å². The van der Waals surface area contributed by atoms with Gasteiger partial charge in [0.2, 0.25) is 0 Å². The molecule has 4 unspecified atom stereocenters. The van der Waals surface area contributed by atoms with Gasteiger partial charge in [-0.1, -0.05) is 0 Å². The average Bonchev–Trinajstić information content (AvgIpc) is 1.57. The Morgan fingerprint density at radius 2 is 0.695 bits per heavy atom. The lowest BCUT2D eigenvalue weighted by molar-refractivity contribution is 0.00731. The molecule has 15 atom stereocenters. The van der Waals surface area contributed by atoms with E-state index in [-0.39, 0.29) is 54.2 Å². The van der Waals surface area contributed by atoms with Gasteiger partial charge in [0.05, 0.1) is 112 Å². The maximum Gasteiger partial charge on any atom is 0.257 e. The number of fused-ring (bicyclic) bond motifs is 9. The fourth-order valence-corrected chi connectivity index (χ4v) is 17.2. The van der Waals surface area contributed by atoms with Gasteiger partial charge in [0.1, 0.15) is 51.1 Å². The quantitative estimate of drug-likeness (QED) is 0.0483. The second kappa shape index (κ2) is 26.0. The Kier molecular flexibility index (Phi) is 16.1. The molecule has 0 spiro atoms. The third kappa shape index (κ3) is 10.9. The maximum absolute atomic E-state index is 13.2. The summed E-state index contributed by atoms with van der Waals surface area (Å²) < 4.78 is 45.0. The van der Waals surface area contributed by atoms with Crippen molar-refractivity contribution in [3.05, 3.63) is 127 Å². The van der Waals surface area contributed by atoms with Crippen LogP contribution >= 0.6 is 0 Å². The van der Waals surface area contributed by atoms with Crippen molar-refractivity contribution >= 4 is 85.2 Å². The van der Waals surface area contributed by atoms with Gasteiger partial charge in [0.15, 0.2) is 16.9 Å². The molecule has 9 fully saturated rings. The number of hydrogen-bond acceptors (Lipinski definition) is 21. The van der Waals surface area contributed by atoms with Crippen molar-refractivity contribution in [2.75, 3.05) is 98.1 Å². The van der Waals surface area contributed by atoms with E-state index in [0.717, 1.165) is 162 Å². The summed E-state index contributed by atoms with van der Waals surface area (Å²) in [6.45, 7) is 4.86. The van der Waals surface area contributed by atoms with Gasteiger partial charge < -0.3 is 74.0 Å². The van der Waals surface area contributed by atoms with Crippen molar-refractivity contribution in [2.24, 2.45) is 35.5 Å². The van der Waals surface area contributed by atoms with Gasteiger partial charge in [0.25, 0.3) is 17.7 Å². The predicted molar refractivity (Wildman–Crippen MR) is 388 cm³/mol. The normalized spacial score (nSPS) is 27.1. The molecule has 3 saturated heterocycles. The topological polar surface area (TPSA) is 323 Å². The number of nitrogens with zero attached hydrogens (tertiary/aromatic N) is 15. The first-order valence-corrected chi connectivity index (χ1v) is 36.3. The predicted octanol–water partition coefficient (Wildman–Crippen LogP) is 7.54. The van der Waals surface area contributed by atoms with Gasteiger partial charge in [-0.05, 0) is 74.9 Å². The van der Waals surface area contributed by atoms with Gasteiger partial charge in [-0.3, -0.25) is 14.4 Å². The third-order valence-corrected chi connectivity index (χ3v) is 23.7. The van der Waals surface area contributed by atoms with Gasteiger partial charge in [0, 0.05) is 184 Å². The van der Waals surface area contributed by atoms with Crippen molar-refractivity contribution in [3.63, 3.8) is 0 Å². The first-order valence-electron chi connectivity index (χ1n) is 36.3. The lowest BCUT2D eigenvalue weighted by Crippen LogP contribution is -2.51. The number of rotatable bonds is 18. The Labute approximate surface area is 601 Å². The minimum Gasteiger partial charge on any atom is -0.381 e. The Morgan fingerprint density at radius 3 is 0.943 bits per heavy atom. The largest absolute Gasteiger partial charge is 0.381 e. The van der Waals surface area contributed by atoms with Gasteiger partial charge in [-0.25, -0.2) is 29.9 Å². The zero-order valence-electron chi connectivity index (χ0n) is 58.9. The lowest BCUT2D eigenvalue weighted by Gasteiger charge is -2.35. The van der Waals surface area contributed by atoms with Crippen LogP contribution in [0.5, 0.6) is 0 Å². The highest BCUT2D eigenvalue weighted by Gasteiger charge is 2.58. The van der Waals surface area contributed by atoms with Gasteiger partial charge in [-0.2, -0.15) is 28.8 Å². The number of carbonyl (C=O) groups excluding carboxylic acids is 3. The van der Waals surface area contributed by atoms with E-state index < -0.39 is 0 Å². The van der Waals surface area contributed by atoms with E-state index in [4.69, 9.17) is 58.3 Å². The minimum absolute atomic E-state index is 0.0143. The Bertz CT molecular complexity index is 4870. The minimum atomic E-state index is -0.187. The molecule has 12 aromatic rings. The van der Waals surface area contributed by atoms with Crippen molar-refractivity contribution in [1.82, 2.24) is 88.4 Å². The summed E-state index contributed by atoms with van der Waals surface area (Å²) in [6.07, 6.45) is 22.5. The molecule has 6 N–H and O–H groups in total. The number of ether oxygens (including phenoxy) is 6. The molecule has 0 aromatic carbocycles. The summed E-state index contributed by atoms with van der Waals surface area (Å²) in [5.41, 5.74) is 11.0. The molecule has 6 saturated carbocycles. The average molecular weight is 1420 g/mol. The molecular formula is C75H81N21O9. The molecule has 0 radical (unpaired) electrons. The second-order valence-corrected chi connectivity index (χ2v) is 29.0. The number of hydrogen-bond donors (Lipinski definition) is 6. The molecule has 105 heavy (non-hydrogen) atoms. The SMILES string of the molecule is CNc1cc(-c2cn(C3[C@H]4COC[C@@H]34)c3ncccc23)nc2c(C(=O)NC3CC[C@@H]3OC)cnn12.CNc1cc(-c2cn(C3[C@H]4COC[C@@H]34)c3ncccc23)nc2c(C(=O)N[C@@H]3CC[C@H]3OC)cnn12.CNc1cc(-c2cn(C3[C@H]4COC[C@@H]34)c3ncccc23)nc2c(C(=O)N[C@H]3CC[C@@H]3OC)cnn12. The molecule has 30 heteroatoms. The molecule has 15 heterocycles. The summed E-state index contributed by atoms with van der Waals surface area (Å²) in [5.74, 6) is 5.01. The molecule has 3 amide bonds. The number of nitrogens with one attached hydrogen (secondary N) is 6. The molecule has 540 valence electrons. The van der Waals surface area contributed by atoms with Crippen molar-refractivity contribution < 1.29 is 42.8 Å². The van der Waals surface area contributed by atoms with Crippen LogP contribution in [0.4, 0.5) is 17.5 Å². The number of carbonyl (C=O) groups is 3. The van der Waals surface area contributed by atoms with Gasteiger partial charge in [-0.15, -0.1) is 0 Å². The Balaban J connectivity index is 0.000000108. The summed E-state index contributed by atoms with van der Waals surface area (Å²) in [4.78, 5) is 68.4. The number of aromatic nitrogens is 15. The summed E-state index contributed by atoms with van der Waals surface area (Å²) in [7, 11) is 10.6. The molecule has 30 nitrogen and oxygen atoms in total. The van der Waals surface area contributed by atoms with Crippen LogP contribution in [0.1, 0.15) is 87.7 Å². The second-order valence-electron chi connectivity index (χ2n) is 29.0. The van der Waals surface area contributed by atoms with Crippen LogP contribution in [0.15, 0.2) is 110 Å². The van der Waals surface area contributed by atoms with Gasteiger partial charge >= 0.3 is 0 Å². The van der Waals surface area contributed by atoms with E-state index in [9.17, 15) is 14.4 Å².